The van der Waals surface area contributed by atoms with Crippen LogP contribution < -0.4 is 10.1 Å². The predicted octanol–water partition coefficient (Wildman–Crippen LogP) is 8.52. The fourth-order valence-corrected chi connectivity index (χ4v) is 5.08. The summed E-state index contributed by atoms with van der Waals surface area (Å²) in [7, 11) is 0. The van der Waals surface area contributed by atoms with Crippen LogP contribution in [-0.2, 0) is 13.2 Å². The van der Waals surface area contributed by atoms with Crippen molar-refractivity contribution >= 4 is 59.9 Å². The molecule has 0 fully saturated rings. The third-order valence-electron chi connectivity index (χ3n) is 4.99. The molecule has 0 amide bonds. The lowest BCUT2D eigenvalue weighted by molar-refractivity contribution is 0.303. The summed E-state index contributed by atoms with van der Waals surface area (Å²) in [6.45, 7) is 3.24. The number of ether oxygens (including phenoxy) is 1. The minimum absolute atomic E-state index is 0.498. The van der Waals surface area contributed by atoms with Crippen LogP contribution in [0.1, 0.15) is 16.7 Å². The van der Waals surface area contributed by atoms with Gasteiger partial charge in [0.05, 0.1) is 8.95 Å². The van der Waals surface area contributed by atoms with Gasteiger partial charge in [0.2, 0.25) is 0 Å². The molecule has 0 aromatic heterocycles. The summed E-state index contributed by atoms with van der Waals surface area (Å²) < 4.78 is 8.01. The molecule has 152 valence electrons. The van der Waals surface area contributed by atoms with Gasteiger partial charge in [-0.05, 0) is 90.5 Å². The molecule has 0 spiro atoms. The zero-order valence-electron chi connectivity index (χ0n) is 16.4. The van der Waals surface area contributed by atoms with Gasteiger partial charge in [0.1, 0.15) is 12.4 Å². The predicted molar refractivity (Wildman–Crippen MR) is 134 cm³/mol. The lowest BCUT2D eigenvalue weighted by Crippen LogP contribution is -2.03. The Balaban J connectivity index is 1.49. The van der Waals surface area contributed by atoms with E-state index in [9.17, 15) is 0 Å². The topological polar surface area (TPSA) is 21.3 Å². The van der Waals surface area contributed by atoms with Crippen molar-refractivity contribution in [3.63, 3.8) is 0 Å². The van der Waals surface area contributed by atoms with Crippen LogP contribution in [0.15, 0.2) is 81.7 Å². The zero-order chi connectivity index (χ0) is 21.1. The third kappa shape index (κ3) is 4.83. The molecule has 0 saturated heterocycles. The maximum Gasteiger partial charge on any atom is 0.148 e. The Hall–Kier alpha value is -2.01. The Morgan fingerprint density at radius 3 is 2.43 bits per heavy atom. The molecule has 0 heterocycles. The number of nitrogens with one attached hydrogen (secondary N) is 1. The molecule has 2 nitrogen and oxygen atoms in total. The molecule has 0 atom stereocenters. The molecule has 1 N–H and O–H groups in total. The Morgan fingerprint density at radius 2 is 1.63 bits per heavy atom. The van der Waals surface area contributed by atoms with Gasteiger partial charge < -0.3 is 10.1 Å². The quantitative estimate of drug-likeness (QED) is 0.262. The summed E-state index contributed by atoms with van der Waals surface area (Å²) >= 11 is 13.5. The first-order chi connectivity index (χ1) is 14.5. The second-order valence-corrected chi connectivity index (χ2v) is 9.27. The van der Waals surface area contributed by atoms with E-state index in [0.29, 0.717) is 13.2 Å². The summed E-state index contributed by atoms with van der Waals surface area (Å²) in [6.07, 6.45) is 0. The summed E-state index contributed by atoms with van der Waals surface area (Å²) in [5, 5.41) is 6.61. The molecule has 0 unspecified atom stereocenters. The normalized spacial score (nSPS) is 10.9. The van der Waals surface area contributed by atoms with Gasteiger partial charge in [-0.15, -0.1) is 0 Å². The first-order valence-electron chi connectivity index (χ1n) is 9.58. The van der Waals surface area contributed by atoms with Crippen LogP contribution in [0, 0.1) is 6.92 Å². The molecular formula is C25H20Br2ClNO. The van der Waals surface area contributed by atoms with E-state index in [1.54, 1.807) is 0 Å². The standard InChI is InChI=1S/C25H20Br2ClNO/c1-16-9-10-20(28)13-24(16)29-14-17-11-22(26)25(23(27)12-17)30-15-19-7-4-6-18-5-2-3-8-21(18)19/h2-13,29H,14-15H2,1H3. The third-order valence-corrected chi connectivity index (χ3v) is 6.41. The van der Waals surface area contributed by atoms with Crippen molar-refractivity contribution < 1.29 is 4.74 Å². The highest BCUT2D eigenvalue weighted by atomic mass is 79.9. The number of fused-ring (bicyclic) bond motifs is 1. The largest absolute Gasteiger partial charge is 0.487 e. The molecule has 4 rings (SSSR count). The zero-order valence-corrected chi connectivity index (χ0v) is 20.3. The molecule has 0 bridgehead atoms. The average molecular weight is 546 g/mol. The van der Waals surface area contributed by atoms with Crippen molar-refractivity contribution in [2.24, 2.45) is 0 Å². The van der Waals surface area contributed by atoms with Crippen LogP contribution in [0.4, 0.5) is 5.69 Å². The van der Waals surface area contributed by atoms with Crippen LogP contribution in [0.25, 0.3) is 10.8 Å². The number of rotatable bonds is 6. The van der Waals surface area contributed by atoms with Crippen molar-refractivity contribution in [2.75, 3.05) is 5.32 Å². The lowest BCUT2D eigenvalue weighted by Gasteiger charge is -2.15. The lowest BCUT2D eigenvalue weighted by atomic mass is 10.1. The summed E-state index contributed by atoms with van der Waals surface area (Å²) in [5.41, 5.74) is 4.48. The number of anilines is 1. The molecule has 4 aromatic rings. The summed E-state index contributed by atoms with van der Waals surface area (Å²) in [4.78, 5) is 0. The highest BCUT2D eigenvalue weighted by Crippen LogP contribution is 2.36. The van der Waals surface area contributed by atoms with Gasteiger partial charge in [-0.1, -0.05) is 60.1 Å². The van der Waals surface area contributed by atoms with Crippen molar-refractivity contribution in [3.05, 3.63) is 103 Å². The molecule has 5 heteroatoms. The second-order valence-electron chi connectivity index (χ2n) is 7.13. The SMILES string of the molecule is Cc1ccc(Cl)cc1NCc1cc(Br)c(OCc2cccc3ccccc23)c(Br)c1. The van der Waals surface area contributed by atoms with Crippen LogP contribution in [-0.4, -0.2) is 0 Å². The van der Waals surface area contributed by atoms with E-state index in [2.05, 4.69) is 98.7 Å². The van der Waals surface area contributed by atoms with E-state index < -0.39 is 0 Å². The molecular weight excluding hydrogens is 526 g/mol. The minimum atomic E-state index is 0.498. The number of halogens is 3. The highest BCUT2D eigenvalue weighted by Gasteiger charge is 2.11. The number of benzene rings is 4. The summed E-state index contributed by atoms with van der Waals surface area (Å²) in [5.74, 6) is 0.797. The molecule has 0 saturated carbocycles. The monoisotopic (exact) mass is 543 g/mol. The Kier molecular flexibility index (Phi) is 6.67. The Labute approximate surface area is 198 Å². The van der Waals surface area contributed by atoms with Crippen molar-refractivity contribution in [2.45, 2.75) is 20.1 Å². The van der Waals surface area contributed by atoms with E-state index in [4.69, 9.17) is 16.3 Å². The van der Waals surface area contributed by atoms with Crippen LogP contribution in [0.2, 0.25) is 5.02 Å². The first kappa shape index (κ1) is 21.2. The number of hydrogen-bond acceptors (Lipinski definition) is 2. The van der Waals surface area contributed by atoms with E-state index >= 15 is 0 Å². The fourth-order valence-electron chi connectivity index (χ4n) is 3.40. The van der Waals surface area contributed by atoms with Crippen LogP contribution in [0.3, 0.4) is 0 Å². The molecule has 0 aliphatic rings. The van der Waals surface area contributed by atoms with Gasteiger partial charge in [-0.3, -0.25) is 0 Å². The fraction of sp³-hybridized carbons (Fsp3) is 0.120. The average Bonchev–Trinajstić information content (AvgIpc) is 2.74. The van der Waals surface area contributed by atoms with Gasteiger partial charge in [0, 0.05) is 17.3 Å². The molecule has 30 heavy (non-hydrogen) atoms. The highest BCUT2D eigenvalue weighted by molar-refractivity contribution is 9.11. The molecule has 0 aliphatic heterocycles. The van der Waals surface area contributed by atoms with Gasteiger partial charge in [0.15, 0.2) is 0 Å². The smallest absolute Gasteiger partial charge is 0.148 e. The maximum atomic E-state index is 6.18. The van der Waals surface area contributed by atoms with Gasteiger partial charge in [0.25, 0.3) is 0 Å². The maximum absolute atomic E-state index is 6.18. The minimum Gasteiger partial charge on any atom is -0.487 e. The van der Waals surface area contributed by atoms with Gasteiger partial charge in [-0.2, -0.15) is 0 Å². The Morgan fingerprint density at radius 1 is 0.900 bits per heavy atom. The van der Waals surface area contributed by atoms with Crippen molar-refractivity contribution in [3.8, 4) is 5.75 Å². The van der Waals surface area contributed by atoms with Crippen molar-refractivity contribution in [1.29, 1.82) is 0 Å². The van der Waals surface area contributed by atoms with Crippen molar-refractivity contribution in [1.82, 2.24) is 0 Å². The molecule has 0 radical (unpaired) electrons. The summed E-state index contributed by atoms with van der Waals surface area (Å²) in [6, 6.07) is 24.7. The molecule has 4 aromatic carbocycles. The number of hydrogen-bond donors (Lipinski definition) is 1. The number of aryl methyl sites for hydroxylation is 1. The Bertz CT molecular complexity index is 1180. The van der Waals surface area contributed by atoms with Gasteiger partial charge >= 0.3 is 0 Å². The van der Waals surface area contributed by atoms with E-state index in [1.165, 1.54) is 10.8 Å². The molecule has 0 aliphatic carbocycles. The second kappa shape index (κ2) is 9.42. The van der Waals surface area contributed by atoms with E-state index in [-0.39, 0.29) is 0 Å². The first-order valence-corrected chi connectivity index (χ1v) is 11.5. The van der Waals surface area contributed by atoms with Gasteiger partial charge in [-0.25, -0.2) is 0 Å². The van der Waals surface area contributed by atoms with E-state index in [1.807, 2.05) is 18.2 Å². The van der Waals surface area contributed by atoms with Crippen LogP contribution >= 0.6 is 43.5 Å². The van der Waals surface area contributed by atoms with Crippen LogP contribution in [0.5, 0.6) is 5.75 Å². The van der Waals surface area contributed by atoms with E-state index in [0.717, 1.165) is 42.1 Å².